The smallest absolute Gasteiger partial charge is 0.326 e. The number of imide groups is 1. The van der Waals surface area contributed by atoms with Crippen LogP contribution in [0.15, 0.2) is 38.9 Å². The molecule has 0 spiro atoms. The summed E-state index contributed by atoms with van der Waals surface area (Å²) in [5.41, 5.74) is 1.57. The van der Waals surface area contributed by atoms with Crippen molar-refractivity contribution in [1.82, 2.24) is 10.6 Å². The quantitative estimate of drug-likeness (QED) is 0.392. The molecule has 0 saturated carbocycles. The van der Waals surface area contributed by atoms with Gasteiger partial charge in [-0.05, 0) is 67.3 Å². The van der Waals surface area contributed by atoms with Crippen LogP contribution in [0.5, 0.6) is 11.5 Å². The highest BCUT2D eigenvalue weighted by Gasteiger charge is 2.24. The molecule has 0 unspecified atom stereocenters. The van der Waals surface area contributed by atoms with Crippen LogP contribution in [0.3, 0.4) is 0 Å². The van der Waals surface area contributed by atoms with Crippen molar-refractivity contribution in [2.45, 2.75) is 6.61 Å². The number of amides is 3. The number of methoxy groups -OCH3 is 1. The van der Waals surface area contributed by atoms with Gasteiger partial charge in [-0.1, -0.05) is 29.3 Å². The summed E-state index contributed by atoms with van der Waals surface area (Å²) in [4.78, 5) is 23.0. The molecule has 1 heterocycles. The number of nitrogens with one attached hydrogen (secondary N) is 2. The monoisotopic (exact) mass is 548 g/mol. The van der Waals surface area contributed by atoms with Crippen LogP contribution in [-0.2, 0) is 11.4 Å². The first-order valence-corrected chi connectivity index (χ1v) is 10.1. The predicted molar refractivity (Wildman–Crippen MR) is 114 cm³/mol. The first kappa shape index (κ1) is 21.0. The van der Waals surface area contributed by atoms with Crippen LogP contribution in [0.4, 0.5) is 4.79 Å². The summed E-state index contributed by atoms with van der Waals surface area (Å²) >= 11 is 18.9. The van der Waals surface area contributed by atoms with Gasteiger partial charge in [-0.2, -0.15) is 0 Å². The summed E-state index contributed by atoms with van der Waals surface area (Å²) in [6, 6.07) is 6.34. The first-order chi connectivity index (χ1) is 13.3. The van der Waals surface area contributed by atoms with Gasteiger partial charge in [0, 0.05) is 4.47 Å². The Kier molecular flexibility index (Phi) is 6.54. The van der Waals surface area contributed by atoms with Gasteiger partial charge in [0.05, 0.1) is 21.6 Å². The van der Waals surface area contributed by atoms with Crippen molar-refractivity contribution in [3.8, 4) is 11.5 Å². The van der Waals surface area contributed by atoms with E-state index in [-0.39, 0.29) is 12.3 Å². The number of ether oxygens (including phenoxy) is 2. The average Bonchev–Trinajstić information content (AvgIpc) is 2.97. The zero-order valence-corrected chi connectivity index (χ0v) is 18.9. The number of urea groups is 1. The van der Waals surface area contributed by atoms with Crippen LogP contribution in [-0.4, -0.2) is 19.0 Å². The van der Waals surface area contributed by atoms with E-state index in [1.54, 1.807) is 18.2 Å². The number of rotatable bonds is 5. The van der Waals surface area contributed by atoms with E-state index < -0.39 is 11.9 Å². The molecule has 0 bridgehead atoms. The van der Waals surface area contributed by atoms with Crippen LogP contribution in [0.1, 0.15) is 11.1 Å². The van der Waals surface area contributed by atoms with Gasteiger partial charge in [0.25, 0.3) is 5.91 Å². The van der Waals surface area contributed by atoms with Crippen LogP contribution in [0.25, 0.3) is 6.08 Å². The maximum absolute atomic E-state index is 11.8. The maximum Gasteiger partial charge on any atom is 0.326 e. The third-order valence-corrected chi connectivity index (χ3v) is 6.64. The van der Waals surface area contributed by atoms with Gasteiger partial charge in [0.15, 0.2) is 11.5 Å². The third-order valence-electron chi connectivity index (χ3n) is 3.76. The zero-order valence-electron chi connectivity index (χ0n) is 14.2. The summed E-state index contributed by atoms with van der Waals surface area (Å²) in [7, 11) is 1.50. The number of carbonyl (C=O) groups is 2. The van der Waals surface area contributed by atoms with E-state index in [0.717, 1.165) is 5.56 Å². The Morgan fingerprint density at radius 1 is 1.07 bits per heavy atom. The number of hydrogen-bond donors (Lipinski definition) is 2. The van der Waals surface area contributed by atoms with Crippen molar-refractivity contribution < 1.29 is 19.1 Å². The van der Waals surface area contributed by atoms with Crippen molar-refractivity contribution in [2.75, 3.05) is 7.11 Å². The standard InChI is InChI=1S/C18H12Br2Cl2N2O4/c1-27-13-6-9(5-12-17(25)24-18(26)23-12)14(19)15(20)16(13)28-7-8-2-3-10(21)11(22)4-8/h2-6H,7H2,1H3,(H2,23,24,25,26)/b12-5+. The molecule has 146 valence electrons. The third kappa shape index (κ3) is 4.46. The molecule has 1 aliphatic rings. The number of benzene rings is 2. The Balaban J connectivity index is 1.91. The molecule has 10 heteroatoms. The van der Waals surface area contributed by atoms with Gasteiger partial charge in [0.1, 0.15) is 12.3 Å². The molecule has 2 aromatic carbocycles. The summed E-state index contributed by atoms with van der Waals surface area (Å²) in [6.07, 6.45) is 1.53. The minimum atomic E-state index is -0.569. The van der Waals surface area contributed by atoms with Gasteiger partial charge in [0.2, 0.25) is 0 Å². The molecule has 0 radical (unpaired) electrons. The molecule has 1 fully saturated rings. The van der Waals surface area contributed by atoms with Gasteiger partial charge < -0.3 is 14.8 Å². The molecular formula is C18H12Br2Cl2N2O4. The SMILES string of the molecule is COc1cc(/C=C2/NC(=O)NC2=O)c(Br)c(Br)c1OCc1ccc(Cl)c(Cl)c1. The van der Waals surface area contributed by atoms with Crippen molar-refractivity contribution in [1.29, 1.82) is 0 Å². The summed E-state index contributed by atoms with van der Waals surface area (Å²) in [5.74, 6) is 0.390. The van der Waals surface area contributed by atoms with E-state index in [2.05, 4.69) is 42.5 Å². The molecule has 0 aromatic heterocycles. The topological polar surface area (TPSA) is 76.7 Å². The Morgan fingerprint density at radius 2 is 1.82 bits per heavy atom. The highest BCUT2D eigenvalue weighted by molar-refractivity contribution is 9.13. The largest absolute Gasteiger partial charge is 0.493 e. The first-order valence-electron chi connectivity index (χ1n) is 7.77. The molecule has 1 aliphatic heterocycles. The van der Waals surface area contributed by atoms with Crippen molar-refractivity contribution in [3.05, 3.63) is 60.1 Å². The van der Waals surface area contributed by atoms with Crippen LogP contribution in [0.2, 0.25) is 10.0 Å². The highest BCUT2D eigenvalue weighted by Crippen LogP contribution is 2.43. The second-order valence-corrected chi connectivity index (χ2v) is 8.03. The van der Waals surface area contributed by atoms with Gasteiger partial charge in [-0.3, -0.25) is 10.1 Å². The van der Waals surface area contributed by atoms with Crippen LogP contribution >= 0.6 is 55.1 Å². The van der Waals surface area contributed by atoms with E-state index in [1.807, 2.05) is 6.07 Å². The molecule has 3 amide bonds. The number of hydrogen-bond acceptors (Lipinski definition) is 4. The molecule has 3 rings (SSSR count). The normalized spacial score (nSPS) is 14.8. The van der Waals surface area contributed by atoms with E-state index in [0.29, 0.717) is 36.1 Å². The lowest BCUT2D eigenvalue weighted by Gasteiger charge is -2.16. The van der Waals surface area contributed by atoms with Crippen LogP contribution < -0.4 is 20.1 Å². The Bertz CT molecular complexity index is 1010. The summed E-state index contributed by atoms with van der Waals surface area (Å²) in [6.45, 7) is 0.233. The fourth-order valence-corrected chi connectivity index (χ4v) is 3.69. The zero-order chi connectivity index (χ0) is 20.4. The second-order valence-electron chi connectivity index (χ2n) is 5.63. The molecule has 2 aromatic rings. The Morgan fingerprint density at radius 3 is 2.43 bits per heavy atom. The van der Waals surface area contributed by atoms with E-state index in [4.69, 9.17) is 32.7 Å². The second kappa shape index (κ2) is 8.73. The van der Waals surface area contributed by atoms with Gasteiger partial charge in [-0.25, -0.2) is 4.79 Å². The van der Waals surface area contributed by atoms with Crippen molar-refractivity contribution in [3.63, 3.8) is 0 Å². The fraction of sp³-hybridized carbons (Fsp3) is 0.111. The lowest BCUT2D eigenvalue weighted by atomic mass is 10.1. The minimum absolute atomic E-state index is 0.129. The molecule has 6 nitrogen and oxygen atoms in total. The van der Waals surface area contributed by atoms with E-state index in [9.17, 15) is 9.59 Å². The molecule has 0 atom stereocenters. The summed E-state index contributed by atoms with van der Waals surface area (Å²) in [5, 5.41) is 5.49. The molecule has 2 N–H and O–H groups in total. The Hall–Kier alpha value is -1.74. The van der Waals surface area contributed by atoms with Crippen LogP contribution in [0, 0.1) is 0 Å². The summed E-state index contributed by atoms with van der Waals surface area (Å²) < 4.78 is 12.5. The van der Waals surface area contributed by atoms with Gasteiger partial charge >= 0.3 is 6.03 Å². The highest BCUT2D eigenvalue weighted by atomic mass is 79.9. The predicted octanol–water partition coefficient (Wildman–Crippen LogP) is 5.29. The Labute approximate surface area is 187 Å². The molecule has 1 saturated heterocycles. The lowest BCUT2D eigenvalue weighted by Crippen LogP contribution is -2.22. The lowest BCUT2D eigenvalue weighted by molar-refractivity contribution is -0.115. The minimum Gasteiger partial charge on any atom is -0.493 e. The molecule has 0 aliphatic carbocycles. The number of halogens is 4. The van der Waals surface area contributed by atoms with E-state index in [1.165, 1.54) is 13.2 Å². The maximum atomic E-state index is 11.8. The fourth-order valence-electron chi connectivity index (χ4n) is 2.42. The van der Waals surface area contributed by atoms with Crippen molar-refractivity contribution >= 4 is 73.1 Å². The van der Waals surface area contributed by atoms with Crippen molar-refractivity contribution in [2.24, 2.45) is 0 Å². The van der Waals surface area contributed by atoms with E-state index >= 15 is 0 Å². The molecular weight excluding hydrogens is 539 g/mol. The van der Waals surface area contributed by atoms with Gasteiger partial charge in [-0.15, -0.1) is 0 Å². The number of carbonyl (C=O) groups excluding carboxylic acids is 2. The average molecular weight is 551 g/mol. The molecule has 28 heavy (non-hydrogen) atoms.